The second-order valence-electron chi connectivity index (χ2n) is 8.21. The molecule has 1 rings (SSSR count). The number of carboxylic acid groups (broad SMARTS) is 1. The Hall–Kier alpha value is -1.67. The molecule has 26 heavy (non-hydrogen) atoms. The molecule has 8 heteroatoms. The maximum atomic E-state index is 12.8. The summed E-state index contributed by atoms with van der Waals surface area (Å²) in [6.45, 7) is 10.2. The Morgan fingerprint density at radius 1 is 1.35 bits per heavy atom. The Morgan fingerprint density at radius 3 is 2.27 bits per heavy atom. The first kappa shape index (κ1) is 22.4. The van der Waals surface area contributed by atoms with Gasteiger partial charge in [0.25, 0.3) is 0 Å². The standard InChI is InChI=1S/C18H32N2O6/c1-11-8-9-18(10-21,20(11)16(25)26-17(4,5)6)13(3)19(7)14(12(2)22)15(23)24/h10-14,22H,8-9H2,1-7H3,(H,23,24)/t11?,12-,13?,14+,18?/m1/s1. The molecular weight excluding hydrogens is 340 g/mol. The molecule has 0 bridgehead atoms. The van der Waals surface area contributed by atoms with Gasteiger partial charge < -0.3 is 19.7 Å². The number of amides is 1. The number of hydrogen-bond donors (Lipinski definition) is 2. The molecule has 0 aromatic carbocycles. The summed E-state index contributed by atoms with van der Waals surface area (Å²) in [6, 6.07) is -2.05. The fourth-order valence-electron chi connectivity index (χ4n) is 3.70. The number of hydrogen-bond acceptors (Lipinski definition) is 6. The van der Waals surface area contributed by atoms with E-state index in [4.69, 9.17) is 4.74 Å². The van der Waals surface area contributed by atoms with Crippen molar-refractivity contribution in [1.29, 1.82) is 0 Å². The largest absolute Gasteiger partial charge is 0.480 e. The van der Waals surface area contributed by atoms with Crippen molar-refractivity contribution < 1.29 is 29.3 Å². The molecule has 1 saturated heterocycles. The molecule has 8 nitrogen and oxygen atoms in total. The molecule has 0 aromatic heterocycles. The van der Waals surface area contributed by atoms with Crippen molar-refractivity contribution in [1.82, 2.24) is 9.80 Å². The van der Waals surface area contributed by atoms with Crippen LogP contribution in [0.2, 0.25) is 0 Å². The molecule has 0 spiro atoms. The number of likely N-dealkylation sites (N-methyl/N-ethyl adjacent to an activating group) is 1. The van der Waals surface area contributed by atoms with Crippen molar-refractivity contribution in [3.05, 3.63) is 0 Å². The highest BCUT2D eigenvalue weighted by Crippen LogP contribution is 2.38. The minimum Gasteiger partial charge on any atom is -0.480 e. The number of aliphatic hydroxyl groups excluding tert-OH is 1. The highest BCUT2D eigenvalue weighted by atomic mass is 16.6. The molecule has 0 saturated carbocycles. The quantitative estimate of drug-likeness (QED) is 0.680. The Kier molecular flexibility index (Phi) is 6.81. The second-order valence-corrected chi connectivity index (χ2v) is 8.21. The molecule has 1 amide bonds. The average Bonchev–Trinajstić information content (AvgIpc) is 2.81. The van der Waals surface area contributed by atoms with Crippen molar-refractivity contribution in [2.45, 2.75) is 89.8 Å². The van der Waals surface area contributed by atoms with Crippen LogP contribution in [0.4, 0.5) is 4.79 Å². The van der Waals surface area contributed by atoms with E-state index in [0.717, 1.165) is 0 Å². The minimum absolute atomic E-state index is 0.222. The summed E-state index contributed by atoms with van der Waals surface area (Å²) in [7, 11) is 1.54. The number of likely N-dealkylation sites (tertiary alicyclic amines) is 1. The van der Waals surface area contributed by atoms with Crippen LogP contribution in [0.15, 0.2) is 0 Å². The fourth-order valence-corrected chi connectivity index (χ4v) is 3.70. The molecule has 3 unspecified atom stereocenters. The van der Waals surface area contributed by atoms with E-state index in [0.29, 0.717) is 19.1 Å². The van der Waals surface area contributed by atoms with Crippen LogP contribution in [0.1, 0.15) is 54.4 Å². The molecule has 2 N–H and O–H groups in total. The number of aliphatic hydroxyl groups is 1. The lowest BCUT2D eigenvalue weighted by molar-refractivity contribution is -0.150. The zero-order valence-electron chi connectivity index (χ0n) is 16.7. The van der Waals surface area contributed by atoms with Crippen LogP contribution >= 0.6 is 0 Å². The highest BCUT2D eigenvalue weighted by Gasteiger charge is 2.54. The lowest BCUT2D eigenvalue weighted by Gasteiger charge is -2.45. The van der Waals surface area contributed by atoms with Crippen LogP contribution in [0.25, 0.3) is 0 Å². The topological polar surface area (TPSA) is 107 Å². The second kappa shape index (κ2) is 7.92. The predicted molar refractivity (Wildman–Crippen MR) is 95.9 cm³/mol. The summed E-state index contributed by atoms with van der Waals surface area (Å²) in [5.74, 6) is -1.19. The van der Waals surface area contributed by atoms with Crippen LogP contribution in [0.5, 0.6) is 0 Å². The van der Waals surface area contributed by atoms with Crippen LogP contribution in [-0.4, -0.2) is 80.8 Å². The van der Waals surface area contributed by atoms with E-state index in [2.05, 4.69) is 0 Å². The van der Waals surface area contributed by atoms with E-state index in [-0.39, 0.29) is 6.04 Å². The first-order chi connectivity index (χ1) is 11.8. The van der Waals surface area contributed by atoms with E-state index >= 15 is 0 Å². The van der Waals surface area contributed by atoms with Crippen molar-refractivity contribution in [2.75, 3.05) is 7.05 Å². The first-order valence-electron chi connectivity index (χ1n) is 8.90. The van der Waals surface area contributed by atoms with Crippen molar-refractivity contribution in [3.63, 3.8) is 0 Å². The third-order valence-electron chi connectivity index (χ3n) is 5.13. The van der Waals surface area contributed by atoms with Gasteiger partial charge in [0.1, 0.15) is 23.5 Å². The minimum atomic E-state index is -1.22. The van der Waals surface area contributed by atoms with Crippen LogP contribution in [0, 0.1) is 0 Å². The van der Waals surface area contributed by atoms with Crippen LogP contribution < -0.4 is 0 Å². The Morgan fingerprint density at radius 2 is 1.88 bits per heavy atom. The van der Waals surface area contributed by atoms with Gasteiger partial charge in [-0.15, -0.1) is 0 Å². The van der Waals surface area contributed by atoms with Crippen LogP contribution in [0.3, 0.4) is 0 Å². The maximum Gasteiger partial charge on any atom is 0.411 e. The third-order valence-corrected chi connectivity index (χ3v) is 5.13. The average molecular weight is 372 g/mol. The van der Waals surface area contributed by atoms with Gasteiger partial charge in [-0.2, -0.15) is 0 Å². The number of aliphatic carboxylic acids is 1. The molecule has 1 aliphatic rings. The lowest BCUT2D eigenvalue weighted by Crippen LogP contribution is -2.65. The maximum absolute atomic E-state index is 12.8. The summed E-state index contributed by atoms with van der Waals surface area (Å²) >= 11 is 0. The summed E-state index contributed by atoms with van der Waals surface area (Å²) in [5, 5.41) is 19.3. The van der Waals surface area contributed by atoms with Gasteiger partial charge in [0.05, 0.1) is 6.10 Å². The fraction of sp³-hybridized carbons (Fsp3) is 0.833. The van der Waals surface area contributed by atoms with E-state index in [1.165, 1.54) is 23.8 Å². The third kappa shape index (κ3) is 4.35. The van der Waals surface area contributed by atoms with E-state index in [9.17, 15) is 24.6 Å². The monoisotopic (exact) mass is 372 g/mol. The van der Waals surface area contributed by atoms with E-state index < -0.39 is 41.4 Å². The Labute approximate surface area is 155 Å². The number of carbonyl (C=O) groups is 3. The van der Waals surface area contributed by atoms with Gasteiger partial charge in [-0.3, -0.25) is 14.6 Å². The van der Waals surface area contributed by atoms with Gasteiger partial charge in [-0.05, 0) is 61.4 Å². The molecule has 1 heterocycles. The molecule has 150 valence electrons. The highest BCUT2D eigenvalue weighted by molar-refractivity contribution is 5.79. The zero-order valence-corrected chi connectivity index (χ0v) is 16.7. The number of ether oxygens (including phenoxy) is 1. The van der Waals surface area contributed by atoms with Gasteiger partial charge in [0.2, 0.25) is 0 Å². The molecule has 0 aromatic rings. The number of rotatable bonds is 6. The van der Waals surface area contributed by atoms with E-state index in [1.807, 2.05) is 6.92 Å². The number of carbonyl (C=O) groups excluding carboxylic acids is 2. The Balaban J connectivity index is 3.26. The van der Waals surface area contributed by atoms with Crippen LogP contribution in [-0.2, 0) is 14.3 Å². The van der Waals surface area contributed by atoms with Crippen molar-refractivity contribution in [3.8, 4) is 0 Å². The number of aldehydes is 1. The molecule has 1 fully saturated rings. The van der Waals surface area contributed by atoms with E-state index in [1.54, 1.807) is 27.7 Å². The van der Waals surface area contributed by atoms with Gasteiger partial charge in [0, 0.05) is 12.1 Å². The normalized spacial score (nSPS) is 27.1. The lowest BCUT2D eigenvalue weighted by atomic mass is 9.87. The van der Waals surface area contributed by atoms with Crippen molar-refractivity contribution in [2.24, 2.45) is 0 Å². The molecular formula is C18H32N2O6. The van der Waals surface area contributed by atoms with Gasteiger partial charge >= 0.3 is 12.1 Å². The molecule has 0 radical (unpaired) electrons. The SMILES string of the molecule is CC1CCC(C=O)(C(C)N(C)[C@H](C(=O)O)[C@@H](C)O)N1C(=O)OC(C)(C)C. The predicted octanol–water partition coefficient (Wildman–Crippen LogP) is 1.50. The molecule has 0 aliphatic carbocycles. The summed E-state index contributed by atoms with van der Waals surface area (Å²) < 4.78 is 5.48. The summed E-state index contributed by atoms with van der Waals surface area (Å²) in [4.78, 5) is 39.4. The van der Waals surface area contributed by atoms with Gasteiger partial charge in [-0.1, -0.05) is 0 Å². The summed E-state index contributed by atoms with van der Waals surface area (Å²) in [5.41, 5.74) is -1.94. The first-order valence-corrected chi connectivity index (χ1v) is 8.90. The molecule has 1 aliphatic heterocycles. The number of carboxylic acids is 1. The smallest absolute Gasteiger partial charge is 0.411 e. The molecule has 5 atom stereocenters. The number of nitrogens with zero attached hydrogens (tertiary/aromatic N) is 2. The van der Waals surface area contributed by atoms with Gasteiger partial charge in [0.15, 0.2) is 0 Å². The zero-order chi connectivity index (χ0) is 20.4. The summed E-state index contributed by atoms with van der Waals surface area (Å²) in [6.07, 6.45) is -0.0316. The van der Waals surface area contributed by atoms with Gasteiger partial charge in [-0.25, -0.2) is 4.79 Å². The van der Waals surface area contributed by atoms with Crippen molar-refractivity contribution >= 4 is 18.3 Å². The Bertz CT molecular complexity index is 544.